The zero-order valence-corrected chi connectivity index (χ0v) is 10.8. The largest absolute Gasteiger partial charge is 0.295 e. The molecule has 0 heterocycles. The summed E-state index contributed by atoms with van der Waals surface area (Å²) in [6, 6.07) is 4.34. The quantitative estimate of drug-likeness (QED) is 0.649. The molecule has 86 valence electrons. The summed E-state index contributed by atoms with van der Waals surface area (Å²) in [7, 11) is 0. The minimum atomic E-state index is 0.178. The highest BCUT2D eigenvalue weighted by atomic mass is 16.1. The highest BCUT2D eigenvalue weighted by Crippen LogP contribution is 2.46. The molecule has 1 atom stereocenters. The Labute approximate surface area is 97.9 Å². The van der Waals surface area contributed by atoms with Crippen molar-refractivity contribution < 1.29 is 4.79 Å². The van der Waals surface area contributed by atoms with Crippen LogP contribution in [0.1, 0.15) is 67.1 Å². The van der Waals surface area contributed by atoms with Crippen molar-refractivity contribution in [2.75, 3.05) is 0 Å². The van der Waals surface area contributed by atoms with E-state index < -0.39 is 0 Å². The lowest BCUT2D eigenvalue weighted by Gasteiger charge is -2.20. The lowest BCUT2D eigenvalue weighted by Crippen LogP contribution is -2.12. The molecule has 1 aliphatic rings. The predicted molar refractivity (Wildman–Crippen MR) is 67.2 cm³/mol. The molecule has 0 fully saturated rings. The van der Waals surface area contributed by atoms with Crippen LogP contribution in [0, 0.1) is 6.92 Å². The molecule has 0 N–H and O–H groups in total. The Hall–Kier alpha value is -1.11. The Bertz CT molecular complexity index is 455. The second kappa shape index (κ2) is 3.44. The topological polar surface area (TPSA) is 17.1 Å². The average molecular weight is 216 g/mol. The summed E-state index contributed by atoms with van der Waals surface area (Å²) in [6.45, 7) is 10.5. The molecule has 2 rings (SSSR count). The number of carbonyl (C=O) groups excluding carboxylic acids is 1. The molecule has 1 aliphatic carbocycles. The van der Waals surface area contributed by atoms with Gasteiger partial charge >= 0.3 is 0 Å². The van der Waals surface area contributed by atoms with E-state index in [4.69, 9.17) is 0 Å². The first kappa shape index (κ1) is 11.4. The summed E-state index contributed by atoms with van der Waals surface area (Å²) in [6.07, 6.45) is 1.18. The predicted octanol–water partition coefficient (Wildman–Crippen LogP) is 3.98. The van der Waals surface area contributed by atoms with Gasteiger partial charge in [0.2, 0.25) is 0 Å². The highest BCUT2D eigenvalue weighted by molar-refractivity contribution is 5.96. The van der Waals surface area contributed by atoms with Crippen molar-refractivity contribution in [3.63, 3.8) is 0 Å². The van der Waals surface area contributed by atoms with E-state index >= 15 is 0 Å². The van der Waals surface area contributed by atoms with Crippen LogP contribution in [0.15, 0.2) is 12.1 Å². The molecule has 0 radical (unpaired) electrons. The van der Waals surface area contributed by atoms with Crippen LogP contribution < -0.4 is 0 Å². The smallest absolute Gasteiger partial charge is 0.160 e. The maximum Gasteiger partial charge on any atom is 0.160 e. The standard InChI is InChI=1S/C15H20O/c1-9-6-14-13(7-12(9)11(3)16)10(2)8-15(14,4)5/h6-7,10H,8H2,1-5H3/t10-/m1/s1. The Morgan fingerprint density at radius 2 is 2.00 bits per heavy atom. The lowest BCUT2D eigenvalue weighted by molar-refractivity contribution is 0.101. The number of rotatable bonds is 1. The average Bonchev–Trinajstić information content (AvgIpc) is 2.36. The van der Waals surface area contributed by atoms with E-state index in [0.29, 0.717) is 5.92 Å². The molecule has 1 aromatic rings. The summed E-state index contributed by atoms with van der Waals surface area (Å²) < 4.78 is 0. The zero-order valence-electron chi connectivity index (χ0n) is 10.8. The molecule has 0 aromatic heterocycles. The van der Waals surface area contributed by atoms with E-state index in [1.54, 1.807) is 6.92 Å². The molecule has 0 saturated carbocycles. The van der Waals surface area contributed by atoms with Gasteiger partial charge in [0, 0.05) is 5.56 Å². The molecule has 1 nitrogen and oxygen atoms in total. The molecule has 0 aliphatic heterocycles. The van der Waals surface area contributed by atoms with E-state index in [9.17, 15) is 4.79 Å². The Morgan fingerprint density at radius 3 is 2.56 bits per heavy atom. The van der Waals surface area contributed by atoms with Gasteiger partial charge in [-0.3, -0.25) is 4.79 Å². The molecule has 0 spiro atoms. The SMILES string of the molecule is CC(=O)c1cc2c(cc1C)C(C)(C)C[C@H]2C. The van der Waals surface area contributed by atoms with E-state index in [0.717, 1.165) is 11.1 Å². The van der Waals surface area contributed by atoms with E-state index in [1.165, 1.54) is 17.5 Å². The third-order valence-corrected chi connectivity index (χ3v) is 3.85. The van der Waals surface area contributed by atoms with Crippen LogP contribution in [0.5, 0.6) is 0 Å². The van der Waals surface area contributed by atoms with Gasteiger partial charge in [0.25, 0.3) is 0 Å². The van der Waals surface area contributed by atoms with Crippen LogP contribution in [0.4, 0.5) is 0 Å². The second-order valence-corrected chi connectivity index (χ2v) is 5.80. The van der Waals surface area contributed by atoms with Gasteiger partial charge in [-0.1, -0.05) is 26.8 Å². The normalized spacial score (nSPS) is 21.9. The number of hydrogen-bond acceptors (Lipinski definition) is 1. The van der Waals surface area contributed by atoms with Gasteiger partial charge in [-0.05, 0) is 54.4 Å². The highest BCUT2D eigenvalue weighted by Gasteiger charge is 2.35. The third kappa shape index (κ3) is 1.59. The molecule has 0 bridgehead atoms. The summed E-state index contributed by atoms with van der Waals surface area (Å²) in [5, 5.41) is 0. The van der Waals surface area contributed by atoms with Gasteiger partial charge < -0.3 is 0 Å². The summed E-state index contributed by atoms with van der Waals surface area (Å²) in [5.41, 5.74) is 5.08. The Morgan fingerprint density at radius 1 is 1.38 bits per heavy atom. The van der Waals surface area contributed by atoms with Gasteiger partial charge in [0.15, 0.2) is 5.78 Å². The monoisotopic (exact) mass is 216 g/mol. The van der Waals surface area contributed by atoms with Crippen LogP contribution in [-0.2, 0) is 5.41 Å². The van der Waals surface area contributed by atoms with Crippen LogP contribution in [0.3, 0.4) is 0 Å². The van der Waals surface area contributed by atoms with Crippen molar-refractivity contribution in [2.45, 2.75) is 52.4 Å². The van der Waals surface area contributed by atoms with E-state index in [1.807, 2.05) is 6.92 Å². The van der Waals surface area contributed by atoms with Gasteiger partial charge in [0.05, 0.1) is 0 Å². The maximum absolute atomic E-state index is 11.5. The van der Waals surface area contributed by atoms with Crippen molar-refractivity contribution in [3.05, 3.63) is 34.4 Å². The number of Topliss-reactive ketones (excluding diaryl/α,β-unsaturated/α-hetero) is 1. The van der Waals surface area contributed by atoms with Crippen molar-refractivity contribution in [1.82, 2.24) is 0 Å². The van der Waals surface area contributed by atoms with Gasteiger partial charge in [-0.15, -0.1) is 0 Å². The fourth-order valence-corrected chi connectivity index (χ4v) is 3.08. The summed E-state index contributed by atoms with van der Waals surface area (Å²) in [5.74, 6) is 0.751. The van der Waals surface area contributed by atoms with Gasteiger partial charge in [0.1, 0.15) is 0 Å². The minimum absolute atomic E-state index is 0.178. The number of hydrogen-bond donors (Lipinski definition) is 0. The zero-order chi connectivity index (χ0) is 12.1. The van der Waals surface area contributed by atoms with E-state index in [2.05, 4.69) is 32.9 Å². The molecule has 0 amide bonds. The Kier molecular flexibility index (Phi) is 2.45. The minimum Gasteiger partial charge on any atom is -0.295 e. The summed E-state index contributed by atoms with van der Waals surface area (Å²) >= 11 is 0. The number of ketones is 1. The number of aryl methyl sites for hydroxylation is 1. The molecule has 16 heavy (non-hydrogen) atoms. The first-order chi connectivity index (χ1) is 7.33. The number of carbonyl (C=O) groups is 1. The van der Waals surface area contributed by atoms with Crippen molar-refractivity contribution >= 4 is 5.78 Å². The molecule has 1 heteroatoms. The van der Waals surface area contributed by atoms with Crippen molar-refractivity contribution in [2.24, 2.45) is 0 Å². The Balaban J connectivity index is 2.65. The fourth-order valence-electron chi connectivity index (χ4n) is 3.08. The lowest BCUT2D eigenvalue weighted by atomic mass is 9.85. The maximum atomic E-state index is 11.5. The molecular weight excluding hydrogens is 196 g/mol. The van der Waals surface area contributed by atoms with Gasteiger partial charge in [-0.25, -0.2) is 0 Å². The number of benzene rings is 1. The summed E-state index contributed by atoms with van der Waals surface area (Å²) in [4.78, 5) is 11.5. The van der Waals surface area contributed by atoms with Crippen LogP contribution in [-0.4, -0.2) is 5.78 Å². The van der Waals surface area contributed by atoms with Crippen LogP contribution in [0.2, 0.25) is 0 Å². The molecule has 0 unspecified atom stereocenters. The van der Waals surface area contributed by atoms with E-state index in [-0.39, 0.29) is 11.2 Å². The van der Waals surface area contributed by atoms with Crippen molar-refractivity contribution in [1.29, 1.82) is 0 Å². The first-order valence-corrected chi connectivity index (χ1v) is 5.99. The molecular formula is C15H20O. The molecule has 0 saturated heterocycles. The third-order valence-electron chi connectivity index (χ3n) is 3.85. The second-order valence-electron chi connectivity index (χ2n) is 5.80. The van der Waals surface area contributed by atoms with Crippen LogP contribution in [0.25, 0.3) is 0 Å². The first-order valence-electron chi connectivity index (χ1n) is 5.99. The van der Waals surface area contributed by atoms with Crippen LogP contribution >= 0.6 is 0 Å². The number of fused-ring (bicyclic) bond motifs is 1. The fraction of sp³-hybridized carbons (Fsp3) is 0.533. The molecule has 1 aromatic carbocycles. The van der Waals surface area contributed by atoms with Crippen molar-refractivity contribution in [3.8, 4) is 0 Å². The van der Waals surface area contributed by atoms with Gasteiger partial charge in [-0.2, -0.15) is 0 Å².